The minimum Gasteiger partial charge on any atom is -0.481 e. The molecule has 0 spiro atoms. The van der Waals surface area contributed by atoms with E-state index in [1.807, 2.05) is 6.92 Å². The van der Waals surface area contributed by atoms with Crippen LogP contribution in [0, 0.1) is 0 Å². The van der Waals surface area contributed by atoms with Gasteiger partial charge in [0.1, 0.15) is 4.90 Å². The van der Waals surface area contributed by atoms with E-state index in [-0.39, 0.29) is 23.0 Å². The van der Waals surface area contributed by atoms with Gasteiger partial charge in [-0.25, -0.2) is 4.98 Å². The van der Waals surface area contributed by atoms with Gasteiger partial charge in [0.05, 0.1) is 21.8 Å². The van der Waals surface area contributed by atoms with Gasteiger partial charge in [0.2, 0.25) is 5.91 Å². The molecule has 0 saturated heterocycles. The normalized spacial score (nSPS) is 12.3. The Bertz CT molecular complexity index is 1370. The van der Waals surface area contributed by atoms with Gasteiger partial charge in [0, 0.05) is 31.3 Å². The first kappa shape index (κ1) is 29.5. The Hall–Kier alpha value is -3.02. The Kier molecular flexibility index (Phi) is 10.6. The lowest BCUT2D eigenvalue weighted by atomic mass is 10.1. The Balaban J connectivity index is 1.64. The molecule has 1 aromatic heterocycles. The van der Waals surface area contributed by atoms with Crippen LogP contribution < -0.4 is 4.18 Å². The SMILES string of the molecule is CCN(CCCC(O)c1ccc2ccc(OS(=O)(=O)c3ccccc3)c(Br)c2n1)C(=O)CCCCC(=O)O. The third kappa shape index (κ3) is 7.99. The van der Waals surface area contributed by atoms with Gasteiger partial charge in [-0.2, -0.15) is 8.42 Å². The fraction of sp³-hybridized carbons (Fsp3) is 0.370. The summed E-state index contributed by atoms with van der Waals surface area (Å²) in [7, 11) is -4.04. The van der Waals surface area contributed by atoms with E-state index in [1.165, 1.54) is 12.1 Å². The number of pyridine rings is 1. The summed E-state index contributed by atoms with van der Waals surface area (Å²) in [6.45, 7) is 2.88. The first-order valence-corrected chi connectivity index (χ1v) is 14.6. The highest BCUT2D eigenvalue weighted by Gasteiger charge is 2.20. The number of benzene rings is 2. The second-order valence-electron chi connectivity index (χ2n) is 8.77. The predicted octanol–water partition coefficient (Wildman–Crippen LogP) is 5.07. The zero-order valence-electron chi connectivity index (χ0n) is 21.0. The highest BCUT2D eigenvalue weighted by atomic mass is 79.9. The van der Waals surface area contributed by atoms with E-state index in [0.717, 1.165) is 5.39 Å². The second-order valence-corrected chi connectivity index (χ2v) is 11.1. The molecule has 0 saturated carbocycles. The van der Waals surface area contributed by atoms with Crippen molar-refractivity contribution in [3.8, 4) is 5.75 Å². The zero-order chi connectivity index (χ0) is 27.7. The molecule has 0 fully saturated rings. The number of carboxylic acid groups (broad SMARTS) is 1. The molecule has 3 aromatic rings. The van der Waals surface area contributed by atoms with Gasteiger partial charge in [-0.05, 0) is 78.9 Å². The van der Waals surface area contributed by atoms with Crippen LogP contribution in [-0.4, -0.2) is 53.5 Å². The average Bonchev–Trinajstić information content (AvgIpc) is 2.90. The second kappa shape index (κ2) is 13.7. The minimum absolute atomic E-state index is 0.0295. The van der Waals surface area contributed by atoms with E-state index in [0.29, 0.717) is 60.9 Å². The third-order valence-electron chi connectivity index (χ3n) is 6.03. The largest absolute Gasteiger partial charge is 0.481 e. The lowest BCUT2D eigenvalue weighted by Gasteiger charge is -2.21. The lowest BCUT2D eigenvalue weighted by Crippen LogP contribution is -2.31. The fourth-order valence-corrected chi connectivity index (χ4v) is 5.55. The molecule has 1 atom stereocenters. The van der Waals surface area contributed by atoms with Gasteiger partial charge >= 0.3 is 16.1 Å². The number of carboxylic acids is 1. The monoisotopic (exact) mass is 606 g/mol. The number of carbonyl (C=O) groups excluding carboxylic acids is 1. The number of aliphatic hydroxyl groups is 1. The molecule has 0 bridgehead atoms. The summed E-state index contributed by atoms with van der Waals surface area (Å²) < 4.78 is 31.0. The minimum atomic E-state index is -4.04. The summed E-state index contributed by atoms with van der Waals surface area (Å²) in [5.41, 5.74) is 0.873. The van der Waals surface area contributed by atoms with Crippen molar-refractivity contribution in [1.82, 2.24) is 9.88 Å². The van der Waals surface area contributed by atoms with Gasteiger partial charge in [0.15, 0.2) is 5.75 Å². The molecule has 0 aliphatic heterocycles. The number of aliphatic carboxylic acids is 1. The number of hydrogen-bond donors (Lipinski definition) is 2. The first-order chi connectivity index (χ1) is 18.1. The van der Waals surface area contributed by atoms with Crippen LogP contribution in [0.1, 0.15) is 57.2 Å². The van der Waals surface area contributed by atoms with Crippen molar-refractivity contribution >= 4 is 48.8 Å². The van der Waals surface area contributed by atoms with E-state index in [2.05, 4.69) is 20.9 Å². The van der Waals surface area contributed by atoms with Crippen LogP contribution in [0.15, 0.2) is 64.0 Å². The van der Waals surface area contributed by atoms with Gasteiger partial charge in [-0.3, -0.25) is 9.59 Å². The molecule has 11 heteroatoms. The molecule has 3 rings (SSSR count). The number of aliphatic hydroxyl groups excluding tert-OH is 1. The molecular weight excluding hydrogens is 576 g/mol. The van der Waals surface area contributed by atoms with E-state index in [9.17, 15) is 23.1 Å². The van der Waals surface area contributed by atoms with E-state index in [1.54, 1.807) is 47.4 Å². The summed E-state index contributed by atoms with van der Waals surface area (Å²) in [5, 5.41) is 20.2. The molecule has 0 aliphatic carbocycles. The van der Waals surface area contributed by atoms with Crippen molar-refractivity contribution < 1.29 is 32.4 Å². The maximum atomic E-state index is 12.7. The number of amides is 1. The maximum Gasteiger partial charge on any atom is 0.339 e. The van der Waals surface area contributed by atoms with Crippen LogP contribution in [0.2, 0.25) is 0 Å². The number of hydrogen-bond acceptors (Lipinski definition) is 7. The van der Waals surface area contributed by atoms with Crippen LogP contribution in [0.4, 0.5) is 0 Å². The maximum absolute atomic E-state index is 12.7. The number of rotatable bonds is 14. The van der Waals surface area contributed by atoms with Crippen LogP contribution in [0.5, 0.6) is 5.75 Å². The molecule has 38 heavy (non-hydrogen) atoms. The molecular formula is C27H31BrN2O7S. The number of unbranched alkanes of at least 4 members (excludes halogenated alkanes) is 1. The van der Waals surface area contributed by atoms with Crippen molar-refractivity contribution in [2.24, 2.45) is 0 Å². The molecule has 2 aromatic carbocycles. The molecule has 2 N–H and O–H groups in total. The Morgan fingerprint density at radius 2 is 1.71 bits per heavy atom. The number of halogens is 1. The van der Waals surface area contributed by atoms with Crippen molar-refractivity contribution in [2.45, 2.75) is 56.4 Å². The van der Waals surface area contributed by atoms with Gasteiger partial charge < -0.3 is 19.3 Å². The topological polar surface area (TPSA) is 134 Å². The molecule has 204 valence electrons. The third-order valence-corrected chi connectivity index (χ3v) is 8.05. The van der Waals surface area contributed by atoms with Gasteiger partial charge in [-0.15, -0.1) is 0 Å². The highest BCUT2D eigenvalue weighted by Crippen LogP contribution is 2.35. The van der Waals surface area contributed by atoms with Crippen molar-refractivity contribution in [3.63, 3.8) is 0 Å². The van der Waals surface area contributed by atoms with E-state index < -0.39 is 22.2 Å². The quantitative estimate of drug-likeness (QED) is 0.192. The molecule has 0 radical (unpaired) electrons. The summed E-state index contributed by atoms with van der Waals surface area (Å²) in [6, 6.07) is 14.6. The van der Waals surface area contributed by atoms with Crippen molar-refractivity contribution in [2.75, 3.05) is 13.1 Å². The summed E-state index contributed by atoms with van der Waals surface area (Å²) >= 11 is 3.41. The summed E-state index contributed by atoms with van der Waals surface area (Å²) in [6.07, 6.45) is 1.38. The van der Waals surface area contributed by atoms with E-state index in [4.69, 9.17) is 9.29 Å². The smallest absolute Gasteiger partial charge is 0.339 e. The summed E-state index contributed by atoms with van der Waals surface area (Å²) in [5.74, 6) is -0.812. The predicted molar refractivity (Wildman–Crippen MR) is 146 cm³/mol. The average molecular weight is 608 g/mol. The van der Waals surface area contributed by atoms with Crippen LogP contribution in [0.25, 0.3) is 10.9 Å². The molecule has 1 unspecified atom stereocenters. The standard InChI is InChI=1S/C27H31BrN2O7S/c1-2-30(24(32)12-6-7-13-25(33)34)18-8-11-22(31)21-16-14-19-15-17-23(26(28)27(19)29-21)37-38(35,36)20-9-4-3-5-10-20/h3-5,9-10,14-17,22,31H,2,6-8,11-13,18H2,1H3,(H,33,34). The molecule has 0 aliphatic rings. The van der Waals surface area contributed by atoms with Gasteiger partial charge in [0.25, 0.3) is 0 Å². The molecule has 1 heterocycles. The zero-order valence-corrected chi connectivity index (χ0v) is 23.4. The summed E-state index contributed by atoms with van der Waals surface area (Å²) in [4.78, 5) is 29.3. The van der Waals surface area contributed by atoms with Crippen molar-refractivity contribution in [1.29, 1.82) is 0 Å². The first-order valence-electron chi connectivity index (χ1n) is 12.4. The number of aromatic nitrogens is 1. The molecule has 1 amide bonds. The Morgan fingerprint density at radius 3 is 2.39 bits per heavy atom. The van der Waals surface area contributed by atoms with Crippen molar-refractivity contribution in [3.05, 3.63) is 64.8 Å². The van der Waals surface area contributed by atoms with Crippen LogP contribution >= 0.6 is 15.9 Å². The Labute approximate surface area is 230 Å². The van der Waals surface area contributed by atoms with Gasteiger partial charge in [-0.1, -0.05) is 24.3 Å². The van der Waals surface area contributed by atoms with Crippen LogP contribution in [0.3, 0.4) is 0 Å². The van der Waals surface area contributed by atoms with E-state index >= 15 is 0 Å². The van der Waals surface area contributed by atoms with Crippen LogP contribution in [-0.2, 0) is 19.7 Å². The highest BCUT2D eigenvalue weighted by molar-refractivity contribution is 9.10. The number of nitrogens with zero attached hydrogens (tertiary/aromatic N) is 2. The number of fused-ring (bicyclic) bond motifs is 1. The Morgan fingerprint density at radius 1 is 1.03 bits per heavy atom. The molecule has 9 nitrogen and oxygen atoms in total. The lowest BCUT2D eigenvalue weighted by molar-refractivity contribution is -0.137. The number of carbonyl (C=O) groups is 2. The fourth-order valence-electron chi connectivity index (χ4n) is 3.95.